The van der Waals surface area contributed by atoms with Gasteiger partial charge in [0.15, 0.2) is 0 Å². The van der Waals surface area contributed by atoms with E-state index >= 15 is 0 Å². The number of nitrogens with one attached hydrogen (secondary N) is 2. The first-order valence-electron chi connectivity index (χ1n) is 11.7. The molecule has 0 fully saturated rings. The van der Waals surface area contributed by atoms with E-state index in [1.54, 1.807) is 60.7 Å². The number of amides is 2. The predicted octanol–water partition coefficient (Wildman–Crippen LogP) is 4.29. The minimum absolute atomic E-state index is 0.0154. The molecule has 0 aromatic heterocycles. The molecule has 0 atom stereocenters. The number of fused-ring (bicyclic) bond motifs is 1. The van der Waals surface area contributed by atoms with Gasteiger partial charge in [-0.25, -0.2) is 9.59 Å². The molecule has 10 nitrogen and oxygen atoms in total. The summed E-state index contributed by atoms with van der Waals surface area (Å²) in [4.78, 5) is 50.2. The van der Waals surface area contributed by atoms with Crippen LogP contribution in [0.15, 0.2) is 97.1 Å². The van der Waals surface area contributed by atoms with E-state index in [-0.39, 0.29) is 28.5 Å². The Balaban J connectivity index is 1.25. The number of phenols is 1. The summed E-state index contributed by atoms with van der Waals surface area (Å²) in [5, 5.41) is 15.5. The van der Waals surface area contributed by atoms with Crippen molar-refractivity contribution < 1.29 is 38.2 Å². The second-order valence-electron chi connectivity index (χ2n) is 8.30. The molecule has 0 spiro atoms. The van der Waals surface area contributed by atoms with Gasteiger partial charge in [-0.15, -0.1) is 0 Å². The first kappa shape index (κ1) is 25.1. The van der Waals surface area contributed by atoms with Crippen molar-refractivity contribution in [1.82, 2.24) is 0 Å². The Morgan fingerprint density at radius 3 is 1.90 bits per heavy atom. The number of benzene rings is 4. The van der Waals surface area contributed by atoms with Crippen LogP contribution < -0.4 is 15.3 Å². The Bertz CT molecular complexity index is 1580. The maximum atomic E-state index is 12.8. The lowest BCUT2D eigenvalue weighted by Crippen LogP contribution is -2.39. The van der Waals surface area contributed by atoms with Gasteiger partial charge in [0, 0.05) is 22.5 Å². The quantitative estimate of drug-likeness (QED) is 0.252. The number of anilines is 2. The molecule has 0 unspecified atom stereocenters. The summed E-state index contributed by atoms with van der Waals surface area (Å²) in [6.45, 7) is 0. The third-order valence-electron chi connectivity index (χ3n) is 5.63. The molecular weight excluding hydrogens is 503 g/mol. The Kier molecular flexibility index (Phi) is 6.95. The van der Waals surface area contributed by atoms with E-state index in [2.05, 4.69) is 10.6 Å². The number of carbonyl (C=O) groups excluding carboxylic acids is 4. The van der Waals surface area contributed by atoms with Crippen LogP contribution in [-0.2, 0) is 9.31 Å². The molecule has 1 aliphatic rings. The van der Waals surface area contributed by atoms with Crippen molar-refractivity contribution >= 4 is 42.4 Å². The van der Waals surface area contributed by atoms with Crippen LogP contribution in [0.3, 0.4) is 0 Å². The molecule has 39 heavy (non-hydrogen) atoms. The maximum Gasteiger partial charge on any atom is 0.868 e. The highest BCUT2D eigenvalue weighted by Crippen LogP contribution is 2.30. The molecule has 2 amide bonds. The van der Waals surface area contributed by atoms with Crippen LogP contribution in [-0.4, -0.2) is 36.2 Å². The van der Waals surface area contributed by atoms with Crippen LogP contribution in [0.5, 0.6) is 11.5 Å². The molecule has 11 heteroatoms. The highest BCUT2D eigenvalue weighted by Gasteiger charge is 2.41. The normalized spacial score (nSPS) is 11.9. The fourth-order valence-electron chi connectivity index (χ4n) is 3.71. The minimum Gasteiger partial charge on any atom is -0.507 e. The second-order valence-corrected chi connectivity index (χ2v) is 8.30. The lowest BCUT2D eigenvalue weighted by Gasteiger charge is -2.22. The average molecular weight is 522 g/mol. The van der Waals surface area contributed by atoms with Gasteiger partial charge in [-0.1, -0.05) is 36.4 Å². The van der Waals surface area contributed by atoms with Crippen molar-refractivity contribution in [2.75, 3.05) is 10.6 Å². The zero-order chi connectivity index (χ0) is 27.4. The van der Waals surface area contributed by atoms with Gasteiger partial charge in [-0.05, 0) is 60.7 Å². The number of rotatable bonds is 6. The van der Waals surface area contributed by atoms with E-state index in [1.807, 2.05) is 0 Å². The maximum absolute atomic E-state index is 12.8. The first-order valence-corrected chi connectivity index (χ1v) is 11.7. The van der Waals surface area contributed by atoms with E-state index < -0.39 is 30.9 Å². The molecule has 0 bridgehead atoms. The molecule has 0 aliphatic carbocycles. The number of hydrogen-bond acceptors (Lipinski definition) is 8. The summed E-state index contributed by atoms with van der Waals surface area (Å²) in [5.41, 5.74) is 1.13. The summed E-state index contributed by atoms with van der Waals surface area (Å²) in [7, 11) is -1.73. The van der Waals surface area contributed by atoms with E-state index in [0.29, 0.717) is 16.8 Å². The van der Waals surface area contributed by atoms with Gasteiger partial charge in [0.05, 0.1) is 0 Å². The largest absolute Gasteiger partial charge is 0.868 e. The van der Waals surface area contributed by atoms with Gasteiger partial charge < -0.3 is 29.7 Å². The van der Waals surface area contributed by atoms with Crippen LogP contribution in [0.2, 0.25) is 0 Å². The summed E-state index contributed by atoms with van der Waals surface area (Å²) in [6.07, 6.45) is 0. The van der Waals surface area contributed by atoms with Gasteiger partial charge >= 0.3 is 19.3 Å². The first-order chi connectivity index (χ1) is 18.9. The fourth-order valence-corrected chi connectivity index (χ4v) is 3.71. The molecule has 0 radical (unpaired) electrons. The van der Waals surface area contributed by atoms with Gasteiger partial charge in [-0.3, -0.25) is 9.59 Å². The third-order valence-corrected chi connectivity index (χ3v) is 5.63. The second kappa shape index (κ2) is 10.8. The smallest absolute Gasteiger partial charge is 0.507 e. The monoisotopic (exact) mass is 522 g/mol. The van der Waals surface area contributed by atoms with Crippen molar-refractivity contribution in [1.29, 1.82) is 0 Å². The topological polar surface area (TPSA) is 140 Å². The summed E-state index contributed by atoms with van der Waals surface area (Å²) >= 11 is 0. The van der Waals surface area contributed by atoms with Gasteiger partial charge in [0.2, 0.25) is 0 Å². The van der Waals surface area contributed by atoms with Gasteiger partial charge in [-0.2, -0.15) is 0 Å². The van der Waals surface area contributed by atoms with Crippen LogP contribution in [0.4, 0.5) is 11.4 Å². The molecule has 192 valence electrons. The Morgan fingerprint density at radius 1 is 0.718 bits per heavy atom. The van der Waals surface area contributed by atoms with E-state index in [0.717, 1.165) is 0 Å². The molecule has 5 rings (SSSR count). The predicted molar refractivity (Wildman–Crippen MR) is 141 cm³/mol. The van der Waals surface area contributed by atoms with E-state index in [1.165, 1.54) is 36.4 Å². The van der Waals surface area contributed by atoms with Crippen molar-refractivity contribution in [2.45, 2.75) is 0 Å². The van der Waals surface area contributed by atoms with Gasteiger partial charge in [0.25, 0.3) is 11.8 Å². The zero-order valence-electron chi connectivity index (χ0n) is 20.1. The molecule has 0 saturated carbocycles. The number of aromatic hydroxyl groups is 1. The average Bonchev–Trinajstić information content (AvgIpc) is 2.95. The van der Waals surface area contributed by atoms with Gasteiger partial charge in [0.1, 0.15) is 22.6 Å². The fraction of sp³-hybridized carbons (Fsp3) is 0. The summed E-state index contributed by atoms with van der Waals surface area (Å²) in [5.74, 6) is -3.04. The Hall–Kier alpha value is -5.58. The van der Waals surface area contributed by atoms with Crippen molar-refractivity contribution in [3.63, 3.8) is 0 Å². The third kappa shape index (κ3) is 5.72. The van der Waals surface area contributed by atoms with Crippen LogP contribution in [0, 0.1) is 0 Å². The van der Waals surface area contributed by atoms with Crippen molar-refractivity contribution in [2.24, 2.45) is 0 Å². The van der Waals surface area contributed by atoms with Crippen molar-refractivity contribution in [3.8, 4) is 11.5 Å². The standard InChI is InChI=1S/C28H19BN2O8/c32-23-13-11-19(30-25(33)17-7-3-1-4-8-17)15-21(23)27(35)38-29-37-24-14-12-20(16-22(24)28(36)39-29)31-26(34)18-9-5-2-6-10-18/h1-16,32H,(H,30,33)(H,31,34). The number of hydrogen-bond donors (Lipinski definition) is 3. The summed E-state index contributed by atoms with van der Waals surface area (Å²) in [6, 6.07) is 25.1. The molecule has 1 aliphatic heterocycles. The molecule has 0 saturated heterocycles. The molecule has 3 N–H and O–H groups in total. The van der Waals surface area contributed by atoms with Crippen LogP contribution in [0.1, 0.15) is 41.4 Å². The van der Waals surface area contributed by atoms with Crippen LogP contribution >= 0.6 is 0 Å². The molecule has 4 aromatic carbocycles. The Labute approximate surface area is 222 Å². The lowest BCUT2D eigenvalue weighted by atomic mass is 10.1. The van der Waals surface area contributed by atoms with Crippen molar-refractivity contribution in [3.05, 3.63) is 119 Å². The highest BCUT2D eigenvalue weighted by atomic mass is 16.8. The highest BCUT2D eigenvalue weighted by molar-refractivity contribution is 6.45. The number of carbonyl (C=O) groups is 4. The molecular formula is C28H19BN2O8. The van der Waals surface area contributed by atoms with E-state index in [9.17, 15) is 24.3 Å². The minimum atomic E-state index is -1.73. The molecule has 1 heterocycles. The van der Waals surface area contributed by atoms with E-state index in [4.69, 9.17) is 14.0 Å². The zero-order valence-corrected chi connectivity index (χ0v) is 20.1. The summed E-state index contributed by atoms with van der Waals surface area (Å²) < 4.78 is 15.7. The van der Waals surface area contributed by atoms with Crippen LogP contribution in [0.25, 0.3) is 0 Å². The molecule has 4 aromatic rings. The lowest BCUT2D eigenvalue weighted by molar-refractivity contribution is 0.0495. The number of phenolic OH excluding ortho intramolecular Hbond substituents is 1. The Morgan fingerprint density at radius 2 is 1.28 bits per heavy atom. The SMILES string of the molecule is O=C(Nc1ccc(O)c(C(=O)OB2OC(=O)c3cc(NC(=O)c4ccccc4)ccc3O2)c1)c1ccccc1.